The van der Waals surface area contributed by atoms with E-state index in [2.05, 4.69) is 13.8 Å². The zero-order valence-electron chi connectivity index (χ0n) is 24.3. The molecular formula is C32H66NO2+. The highest BCUT2D eigenvalue weighted by molar-refractivity contribution is 4.75. The van der Waals surface area contributed by atoms with Crippen LogP contribution in [0.5, 0.6) is 0 Å². The maximum atomic E-state index is 10.3. The highest BCUT2D eigenvalue weighted by Crippen LogP contribution is 2.24. The van der Waals surface area contributed by atoms with Crippen molar-refractivity contribution >= 4 is 0 Å². The van der Waals surface area contributed by atoms with Crippen molar-refractivity contribution in [3.8, 4) is 0 Å². The van der Waals surface area contributed by atoms with Crippen molar-refractivity contribution in [2.45, 2.75) is 180 Å². The van der Waals surface area contributed by atoms with Gasteiger partial charge in [-0.2, -0.15) is 0 Å². The number of aliphatic hydroxyl groups is 2. The van der Waals surface area contributed by atoms with Gasteiger partial charge in [-0.1, -0.05) is 142 Å². The van der Waals surface area contributed by atoms with E-state index in [0.29, 0.717) is 0 Å². The molecule has 0 unspecified atom stereocenters. The largest absolute Gasteiger partial charge is 0.384 e. The standard InChI is InChI=1S/C32H66NO2/c1-3-5-7-9-11-13-15-17-19-21-23-25-27-33(29-31(34)32(35)30-33)28-26-24-22-20-18-16-14-12-10-8-6-4-2/h31-32,34-35H,3-30H2,1-2H3/q+1/t31-,32+. The monoisotopic (exact) mass is 497 g/mol. The van der Waals surface area contributed by atoms with Crippen molar-refractivity contribution in [1.29, 1.82) is 0 Å². The van der Waals surface area contributed by atoms with Gasteiger partial charge in [-0.05, 0) is 25.7 Å². The molecule has 0 radical (unpaired) electrons. The number of rotatable bonds is 26. The molecule has 2 atom stereocenters. The quantitative estimate of drug-likeness (QED) is 0.0926. The fourth-order valence-electron chi connectivity index (χ4n) is 6.16. The first-order valence-electron chi connectivity index (χ1n) is 16.3. The topological polar surface area (TPSA) is 40.5 Å². The van der Waals surface area contributed by atoms with E-state index in [1.807, 2.05) is 0 Å². The van der Waals surface area contributed by atoms with Crippen LogP contribution in [0.2, 0.25) is 0 Å². The lowest BCUT2D eigenvalue weighted by Gasteiger charge is -2.34. The Morgan fingerprint density at radius 3 is 0.886 bits per heavy atom. The van der Waals surface area contributed by atoms with Crippen LogP contribution in [0, 0.1) is 0 Å². The molecule has 0 aromatic rings. The number of likely N-dealkylation sites (tertiary alicyclic amines) is 1. The lowest BCUT2D eigenvalue weighted by molar-refractivity contribution is -0.919. The van der Waals surface area contributed by atoms with E-state index in [0.717, 1.165) is 30.7 Å². The van der Waals surface area contributed by atoms with Crippen LogP contribution in [0.1, 0.15) is 168 Å². The van der Waals surface area contributed by atoms with Gasteiger partial charge in [0.1, 0.15) is 25.3 Å². The number of quaternary nitrogens is 1. The van der Waals surface area contributed by atoms with Crippen molar-refractivity contribution in [2.75, 3.05) is 26.2 Å². The lowest BCUT2D eigenvalue weighted by Crippen LogP contribution is -2.48. The molecule has 0 saturated carbocycles. The average Bonchev–Trinajstić information content (AvgIpc) is 3.13. The SMILES string of the molecule is CCCCCCCCCCCCCC[N+]1(CCCCCCCCCCCCCC)C[C@@H](O)[C@@H](O)C1. The molecule has 0 aromatic heterocycles. The van der Waals surface area contributed by atoms with Gasteiger partial charge in [0.2, 0.25) is 0 Å². The Balaban J connectivity index is 2.05. The van der Waals surface area contributed by atoms with Crippen molar-refractivity contribution in [3.63, 3.8) is 0 Å². The van der Waals surface area contributed by atoms with Crippen LogP contribution in [-0.2, 0) is 0 Å². The Kier molecular flexibility index (Phi) is 21.7. The summed E-state index contributed by atoms with van der Waals surface area (Å²) in [5.41, 5.74) is 0. The molecule has 0 spiro atoms. The molecular weight excluding hydrogens is 430 g/mol. The van der Waals surface area contributed by atoms with Gasteiger partial charge in [-0.15, -0.1) is 0 Å². The first-order valence-corrected chi connectivity index (χ1v) is 16.3. The van der Waals surface area contributed by atoms with E-state index in [1.54, 1.807) is 0 Å². The van der Waals surface area contributed by atoms with Gasteiger partial charge in [0.15, 0.2) is 0 Å². The van der Waals surface area contributed by atoms with Crippen molar-refractivity contribution in [3.05, 3.63) is 0 Å². The summed E-state index contributed by atoms with van der Waals surface area (Å²) in [5.74, 6) is 0. The summed E-state index contributed by atoms with van der Waals surface area (Å²) >= 11 is 0. The molecule has 3 heteroatoms. The number of aliphatic hydroxyl groups excluding tert-OH is 2. The third-order valence-electron chi connectivity index (χ3n) is 8.56. The predicted molar refractivity (Wildman–Crippen MR) is 154 cm³/mol. The minimum Gasteiger partial charge on any atom is -0.384 e. The van der Waals surface area contributed by atoms with Crippen LogP contribution >= 0.6 is 0 Å². The van der Waals surface area contributed by atoms with Crippen LogP contribution in [0.15, 0.2) is 0 Å². The van der Waals surface area contributed by atoms with E-state index in [4.69, 9.17) is 0 Å². The second kappa shape index (κ2) is 23.0. The van der Waals surface area contributed by atoms with Gasteiger partial charge in [-0.3, -0.25) is 0 Å². The van der Waals surface area contributed by atoms with Gasteiger partial charge in [0.25, 0.3) is 0 Å². The average molecular weight is 497 g/mol. The zero-order valence-corrected chi connectivity index (χ0v) is 24.3. The van der Waals surface area contributed by atoms with Crippen LogP contribution in [0.25, 0.3) is 0 Å². The number of hydrogen-bond acceptors (Lipinski definition) is 2. The van der Waals surface area contributed by atoms with E-state index >= 15 is 0 Å². The summed E-state index contributed by atoms with van der Waals surface area (Å²) in [7, 11) is 0. The Bertz CT molecular complexity index is 401. The predicted octanol–water partition coefficient (Wildman–Crippen LogP) is 8.94. The third kappa shape index (κ3) is 17.9. The summed E-state index contributed by atoms with van der Waals surface area (Å²) in [6.45, 7) is 8.44. The Hall–Kier alpha value is -0.120. The molecule has 0 bridgehead atoms. The second-order valence-corrected chi connectivity index (χ2v) is 12.1. The van der Waals surface area contributed by atoms with E-state index in [-0.39, 0.29) is 0 Å². The van der Waals surface area contributed by atoms with E-state index in [9.17, 15) is 10.2 Å². The maximum absolute atomic E-state index is 10.3. The van der Waals surface area contributed by atoms with Crippen LogP contribution in [0.4, 0.5) is 0 Å². The van der Waals surface area contributed by atoms with Gasteiger partial charge in [0.05, 0.1) is 13.1 Å². The van der Waals surface area contributed by atoms with E-state index < -0.39 is 12.2 Å². The Morgan fingerprint density at radius 1 is 0.400 bits per heavy atom. The highest BCUT2D eigenvalue weighted by Gasteiger charge is 2.42. The highest BCUT2D eigenvalue weighted by atomic mass is 16.3. The lowest BCUT2D eigenvalue weighted by atomic mass is 10.0. The fraction of sp³-hybridized carbons (Fsp3) is 1.00. The molecule has 210 valence electrons. The second-order valence-electron chi connectivity index (χ2n) is 12.1. The summed E-state index contributed by atoms with van der Waals surface area (Å²) in [6, 6.07) is 0. The number of hydrogen-bond donors (Lipinski definition) is 2. The molecule has 35 heavy (non-hydrogen) atoms. The first-order chi connectivity index (χ1) is 17.1. The molecule has 1 aliphatic rings. The van der Waals surface area contributed by atoms with Crippen molar-refractivity contribution in [1.82, 2.24) is 0 Å². The summed E-state index contributed by atoms with van der Waals surface area (Å²) in [5, 5.41) is 20.5. The molecule has 2 N–H and O–H groups in total. The molecule has 0 aliphatic carbocycles. The van der Waals surface area contributed by atoms with Crippen LogP contribution < -0.4 is 0 Å². The maximum Gasteiger partial charge on any atom is 0.134 e. The van der Waals surface area contributed by atoms with Crippen molar-refractivity contribution in [2.24, 2.45) is 0 Å². The van der Waals surface area contributed by atoms with Crippen LogP contribution in [0.3, 0.4) is 0 Å². The zero-order chi connectivity index (χ0) is 25.5. The molecule has 0 amide bonds. The number of unbranched alkanes of at least 4 members (excludes halogenated alkanes) is 22. The molecule has 1 fully saturated rings. The van der Waals surface area contributed by atoms with Gasteiger partial charge in [-0.25, -0.2) is 0 Å². The minimum atomic E-state index is -0.510. The fourth-order valence-corrected chi connectivity index (χ4v) is 6.16. The summed E-state index contributed by atoms with van der Waals surface area (Å²) in [4.78, 5) is 0. The van der Waals surface area contributed by atoms with Crippen molar-refractivity contribution < 1.29 is 14.7 Å². The molecule has 1 aliphatic heterocycles. The molecule has 1 saturated heterocycles. The summed E-state index contributed by atoms with van der Waals surface area (Å²) < 4.78 is 0.970. The molecule has 0 aromatic carbocycles. The molecule has 3 nitrogen and oxygen atoms in total. The Labute approximate surface area is 221 Å². The normalized spacial score (nSPS) is 19.5. The van der Waals surface area contributed by atoms with Gasteiger partial charge < -0.3 is 14.7 Å². The smallest absolute Gasteiger partial charge is 0.134 e. The van der Waals surface area contributed by atoms with E-state index in [1.165, 1.54) is 154 Å². The van der Waals surface area contributed by atoms with Gasteiger partial charge in [0, 0.05) is 0 Å². The number of nitrogens with zero attached hydrogens (tertiary/aromatic N) is 1. The molecule has 1 rings (SSSR count). The molecule has 1 heterocycles. The first kappa shape index (κ1) is 32.9. The third-order valence-corrected chi connectivity index (χ3v) is 8.56. The minimum absolute atomic E-state index is 0.510. The van der Waals surface area contributed by atoms with Crippen LogP contribution in [-0.4, -0.2) is 53.1 Å². The van der Waals surface area contributed by atoms with Gasteiger partial charge >= 0.3 is 0 Å². The summed E-state index contributed by atoms with van der Waals surface area (Å²) in [6.07, 6.45) is 32.3. The Morgan fingerprint density at radius 2 is 0.629 bits per heavy atom.